The van der Waals surface area contributed by atoms with Crippen LogP contribution in [0.4, 0.5) is 23.8 Å². The van der Waals surface area contributed by atoms with Crippen LogP contribution < -0.4 is 5.32 Å². The summed E-state index contributed by atoms with van der Waals surface area (Å²) in [4.78, 5) is 17.8. The molecule has 11 heteroatoms. The quantitative estimate of drug-likeness (QED) is 0.640. The number of piperidine rings is 1. The van der Waals surface area contributed by atoms with Gasteiger partial charge in [0.15, 0.2) is 5.82 Å². The number of carbonyl (C=O) groups excluding carboxylic acids is 1. The number of halogens is 3. The minimum Gasteiger partial charge on any atom is -0.445 e. The van der Waals surface area contributed by atoms with Gasteiger partial charge in [0.2, 0.25) is 5.65 Å². The van der Waals surface area contributed by atoms with Crippen LogP contribution in [0.25, 0.3) is 5.65 Å². The summed E-state index contributed by atoms with van der Waals surface area (Å²) in [6.45, 7) is 0.575. The van der Waals surface area contributed by atoms with Gasteiger partial charge in [0.05, 0.1) is 6.54 Å². The number of aromatic nitrogens is 4. The van der Waals surface area contributed by atoms with E-state index in [1.807, 2.05) is 0 Å². The molecule has 31 heavy (non-hydrogen) atoms. The molecule has 1 aliphatic heterocycles. The van der Waals surface area contributed by atoms with Crippen LogP contribution in [0.1, 0.15) is 24.0 Å². The third-order valence-corrected chi connectivity index (χ3v) is 5.28. The van der Waals surface area contributed by atoms with Crippen molar-refractivity contribution in [3.8, 4) is 0 Å². The molecule has 3 aromatic rings. The molecule has 0 spiro atoms. The minimum absolute atomic E-state index is 0.0607. The Balaban J connectivity index is 1.25. The highest BCUT2D eigenvalue weighted by Gasteiger charge is 2.32. The summed E-state index contributed by atoms with van der Waals surface area (Å²) in [5, 5.41) is 10.9. The number of alkyl halides is 3. The zero-order chi connectivity index (χ0) is 21.8. The molecule has 0 saturated carbocycles. The lowest BCUT2D eigenvalue weighted by Crippen LogP contribution is -2.46. The zero-order valence-electron chi connectivity index (χ0n) is 16.5. The Morgan fingerprint density at radius 3 is 2.84 bits per heavy atom. The molecule has 3 heterocycles. The van der Waals surface area contributed by atoms with Gasteiger partial charge in [-0.15, -0.1) is 10.2 Å². The molecule has 0 unspecified atom stereocenters. The molecule has 8 nitrogen and oxygen atoms in total. The van der Waals surface area contributed by atoms with Crippen molar-refractivity contribution < 1.29 is 22.7 Å². The van der Waals surface area contributed by atoms with Gasteiger partial charge in [0, 0.05) is 37.0 Å². The monoisotopic (exact) mass is 434 g/mol. The number of anilines is 1. The highest BCUT2D eigenvalue weighted by Crippen LogP contribution is 2.23. The second-order valence-corrected chi connectivity index (χ2v) is 7.33. The van der Waals surface area contributed by atoms with Crippen molar-refractivity contribution >= 4 is 17.6 Å². The van der Waals surface area contributed by atoms with Gasteiger partial charge in [-0.05, 0) is 12.0 Å². The molecule has 2 atom stereocenters. The van der Waals surface area contributed by atoms with Crippen LogP contribution in [-0.4, -0.2) is 56.4 Å². The molecule has 164 valence electrons. The van der Waals surface area contributed by atoms with E-state index in [0.717, 1.165) is 0 Å². The predicted octanol–water partition coefficient (Wildman–Crippen LogP) is 3.47. The molecule has 0 radical (unpaired) electrons. The number of amides is 1. The molecule has 1 amide bonds. The van der Waals surface area contributed by atoms with Gasteiger partial charge in [0.25, 0.3) is 6.43 Å². The van der Waals surface area contributed by atoms with Crippen molar-refractivity contribution in [3.63, 3.8) is 0 Å². The lowest BCUT2D eigenvalue weighted by Gasteiger charge is -2.34. The van der Waals surface area contributed by atoms with Gasteiger partial charge < -0.3 is 15.0 Å². The Bertz CT molecular complexity index is 1030. The van der Waals surface area contributed by atoms with Crippen LogP contribution in [0, 0.1) is 5.92 Å². The molecule has 4 rings (SSSR count). The highest BCUT2D eigenvalue weighted by molar-refractivity contribution is 5.68. The van der Waals surface area contributed by atoms with Crippen LogP contribution in [-0.2, 0) is 11.3 Å². The number of carbonyl (C=O) groups is 1. The number of ether oxygens (including phenoxy) is 1. The number of rotatable bonds is 6. The first-order valence-corrected chi connectivity index (χ1v) is 9.82. The summed E-state index contributed by atoms with van der Waals surface area (Å²) >= 11 is 0. The van der Waals surface area contributed by atoms with E-state index in [9.17, 15) is 18.0 Å². The summed E-state index contributed by atoms with van der Waals surface area (Å²) in [5.41, 5.74) is 1.05. The van der Waals surface area contributed by atoms with Gasteiger partial charge in [-0.2, -0.15) is 0 Å². The van der Waals surface area contributed by atoms with Gasteiger partial charge >= 0.3 is 6.09 Å². The number of fused-ring (bicyclic) bond motifs is 1. The molecule has 1 aliphatic rings. The van der Waals surface area contributed by atoms with Crippen LogP contribution in [0.2, 0.25) is 0 Å². The second-order valence-electron chi connectivity index (χ2n) is 7.33. The van der Waals surface area contributed by atoms with Crippen LogP contribution >= 0.6 is 0 Å². The van der Waals surface area contributed by atoms with Crippen molar-refractivity contribution in [3.05, 3.63) is 54.1 Å². The molecular weight excluding hydrogens is 413 g/mol. The summed E-state index contributed by atoms with van der Waals surface area (Å²) in [7, 11) is 0. The Kier molecular flexibility index (Phi) is 6.19. The first kappa shape index (κ1) is 20.9. The van der Waals surface area contributed by atoms with Crippen molar-refractivity contribution in [2.24, 2.45) is 5.92 Å². The molecule has 0 bridgehead atoms. The van der Waals surface area contributed by atoms with Crippen LogP contribution in [0.5, 0.6) is 0 Å². The van der Waals surface area contributed by atoms with Crippen LogP contribution in [0.15, 0.2) is 43.0 Å². The van der Waals surface area contributed by atoms with E-state index in [4.69, 9.17) is 4.74 Å². The van der Waals surface area contributed by atoms with Gasteiger partial charge in [-0.3, -0.25) is 4.40 Å². The third kappa shape index (κ3) is 4.86. The van der Waals surface area contributed by atoms with E-state index < -0.39 is 18.7 Å². The molecule has 2 aromatic heterocycles. The summed E-state index contributed by atoms with van der Waals surface area (Å²) in [6.07, 6.45) is 0.938. The first-order chi connectivity index (χ1) is 15.0. The van der Waals surface area contributed by atoms with E-state index in [-0.39, 0.29) is 24.6 Å². The lowest BCUT2D eigenvalue weighted by molar-refractivity contribution is 0.0544. The van der Waals surface area contributed by atoms with Gasteiger partial charge in [-0.25, -0.2) is 22.9 Å². The number of hydrogen-bond acceptors (Lipinski definition) is 6. The lowest BCUT2D eigenvalue weighted by atomic mass is 9.95. The van der Waals surface area contributed by atoms with E-state index in [2.05, 4.69) is 20.5 Å². The number of likely N-dealkylation sites (tertiary alicyclic amines) is 1. The smallest absolute Gasteiger partial charge is 0.410 e. The molecule has 0 aliphatic carbocycles. The Hall–Kier alpha value is -3.37. The summed E-state index contributed by atoms with van der Waals surface area (Å²) in [5.74, 6) is 0.225. The Morgan fingerprint density at radius 1 is 1.29 bits per heavy atom. The van der Waals surface area contributed by atoms with E-state index in [0.29, 0.717) is 36.5 Å². The Labute approximate surface area is 176 Å². The fraction of sp³-hybridized carbons (Fsp3) is 0.400. The zero-order valence-corrected chi connectivity index (χ0v) is 16.5. The molecule has 1 saturated heterocycles. The molecule has 1 fully saturated rings. The highest BCUT2D eigenvalue weighted by atomic mass is 19.3. The van der Waals surface area contributed by atoms with Crippen molar-refractivity contribution in [1.82, 2.24) is 24.5 Å². The van der Waals surface area contributed by atoms with Crippen molar-refractivity contribution in [2.75, 3.05) is 25.0 Å². The van der Waals surface area contributed by atoms with Crippen LogP contribution in [0.3, 0.4) is 0 Å². The third-order valence-electron chi connectivity index (χ3n) is 5.28. The number of hydrogen-bond donors (Lipinski definition) is 1. The van der Waals surface area contributed by atoms with Gasteiger partial charge in [0.1, 0.15) is 19.1 Å². The maximum absolute atomic E-state index is 14.7. The fourth-order valence-electron chi connectivity index (χ4n) is 3.46. The van der Waals surface area contributed by atoms with E-state index in [1.165, 1.54) is 29.2 Å². The summed E-state index contributed by atoms with van der Waals surface area (Å²) < 4.78 is 46.8. The van der Waals surface area contributed by atoms with E-state index >= 15 is 0 Å². The molecular formula is C20H21F3N6O2. The average molecular weight is 434 g/mol. The van der Waals surface area contributed by atoms with E-state index in [1.54, 1.807) is 23.1 Å². The topological polar surface area (TPSA) is 84.7 Å². The first-order valence-electron chi connectivity index (χ1n) is 9.82. The fourth-order valence-corrected chi connectivity index (χ4v) is 3.46. The maximum Gasteiger partial charge on any atom is 0.410 e. The Morgan fingerprint density at radius 2 is 2.10 bits per heavy atom. The minimum atomic E-state index is -2.55. The predicted molar refractivity (Wildman–Crippen MR) is 105 cm³/mol. The maximum atomic E-state index is 14.7. The number of nitrogens with one attached hydrogen (secondary N) is 1. The molecule has 1 N–H and O–H groups in total. The SMILES string of the molecule is O=C(OCc1ccc(C(F)F)cc1)N1CC[C@H](CNc2nccn3cnnc23)[C@H](F)C1. The number of benzene rings is 1. The number of nitrogens with zero attached hydrogens (tertiary/aromatic N) is 5. The molecule has 1 aromatic carbocycles. The normalized spacial score (nSPS) is 19.0. The van der Waals surface area contributed by atoms with Crippen molar-refractivity contribution in [2.45, 2.75) is 25.6 Å². The largest absolute Gasteiger partial charge is 0.445 e. The van der Waals surface area contributed by atoms with Crippen molar-refractivity contribution in [1.29, 1.82) is 0 Å². The second kappa shape index (κ2) is 9.19. The standard InChI is InChI=1S/C20H21F3N6O2/c21-16-10-28(20(30)31-11-13-1-3-14(4-2-13)17(22)23)7-5-15(16)9-25-18-19-27-26-12-29(19)8-6-24-18/h1-4,6,8,12,15-17H,5,7,9-11H2,(H,24,25)/t15-,16-/m1/s1. The average Bonchev–Trinajstić information content (AvgIpc) is 3.26. The summed E-state index contributed by atoms with van der Waals surface area (Å²) in [6, 6.07) is 5.54. The van der Waals surface area contributed by atoms with Gasteiger partial charge in [-0.1, -0.05) is 24.3 Å².